The highest BCUT2D eigenvalue weighted by molar-refractivity contribution is 5.98. The highest BCUT2D eigenvalue weighted by atomic mass is 16.2. The average Bonchev–Trinajstić information content (AvgIpc) is 3.34. The van der Waals surface area contributed by atoms with Gasteiger partial charge in [-0.15, -0.1) is 0 Å². The van der Waals surface area contributed by atoms with Crippen molar-refractivity contribution in [1.29, 1.82) is 0 Å². The van der Waals surface area contributed by atoms with Gasteiger partial charge in [-0.1, -0.05) is 42.8 Å². The molecule has 0 bridgehead atoms. The van der Waals surface area contributed by atoms with Crippen molar-refractivity contribution in [2.24, 2.45) is 11.5 Å². The average molecular weight is 464 g/mol. The molecule has 8 heteroatoms. The number of rotatable bonds is 11. The van der Waals surface area contributed by atoms with Crippen molar-refractivity contribution in [3.05, 3.63) is 59.7 Å². The summed E-state index contributed by atoms with van der Waals surface area (Å²) in [6.07, 6.45) is 8.22. The number of nitrogens with zero attached hydrogens (tertiary/aromatic N) is 1. The number of likely N-dealkylation sites (tertiary alicyclic amines) is 1. The third-order valence-electron chi connectivity index (χ3n) is 5.91. The zero-order valence-corrected chi connectivity index (χ0v) is 19.3. The lowest BCUT2D eigenvalue weighted by molar-refractivity contribution is -0.137. The van der Waals surface area contributed by atoms with Crippen LogP contribution in [-0.2, 0) is 14.4 Å². The van der Waals surface area contributed by atoms with Crippen LogP contribution in [0.5, 0.6) is 0 Å². The van der Waals surface area contributed by atoms with E-state index in [1.165, 1.54) is 0 Å². The first kappa shape index (κ1) is 25.1. The van der Waals surface area contributed by atoms with Crippen molar-refractivity contribution in [1.82, 2.24) is 4.90 Å². The fraction of sp³-hybridized carbons (Fsp3) is 0.346. The highest BCUT2D eigenvalue weighted by Gasteiger charge is 2.35. The van der Waals surface area contributed by atoms with Gasteiger partial charge in [-0.2, -0.15) is 0 Å². The van der Waals surface area contributed by atoms with Crippen LogP contribution in [0, 0.1) is 0 Å². The lowest BCUT2D eigenvalue weighted by Gasteiger charge is -2.26. The van der Waals surface area contributed by atoms with Gasteiger partial charge in [0.25, 0.3) is 0 Å². The number of carbonyl (C=O) groups is 3. The number of anilines is 2. The molecule has 1 unspecified atom stereocenters. The van der Waals surface area contributed by atoms with E-state index >= 15 is 0 Å². The van der Waals surface area contributed by atoms with Crippen LogP contribution >= 0.6 is 0 Å². The van der Waals surface area contributed by atoms with Crippen molar-refractivity contribution < 1.29 is 14.4 Å². The van der Waals surface area contributed by atoms with Crippen molar-refractivity contribution >= 4 is 41.8 Å². The molecular weight excluding hydrogens is 430 g/mol. The smallest absolute Gasteiger partial charge is 0.247 e. The molecule has 1 heterocycles. The van der Waals surface area contributed by atoms with Crippen LogP contribution < -0.4 is 22.1 Å². The SMILES string of the molecule is NCCCCC(N)C(=O)N1CCC[C@H]1C(=O)Nc1ccc(/C=C/c2ccc(NC=O)cc2)cc1. The summed E-state index contributed by atoms with van der Waals surface area (Å²) < 4.78 is 0. The Balaban J connectivity index is 1.55. The Morgan fingerprint density at radius 1 is 1.00 bits per heavy atom. The molecule has 34 heavy (non-hydrogen) atoms. The molecule has 0 aliphatic carbocycles. The molecule has 8 nitrogen and oxygen atoms in total. The predicted octanol–water partition coefficient (Wildman–Crippen LogP) is 2.81. The fourth-order valence-corrected chi connectivity index (χ4v) is 4.00. The summed E-state index contributed by atoms with van der Waals surface area (Å²) in [7, 11) is 0. The molecule has 0 spiro atoms. The van der Waals surface area contributed by atoms with E-state index in [9.17, 15) is 14.4 Å². The molecule has 1 aliphatic heterocycles. The van der Waals surface area contributed by atoms with Gasteiger partial charge in [-0.25, -0.2) is 0 Å². The molecule has 1 aliphatic rings. The molecule has 6 N–H and O–H groups in total. The predicted molar refractivity (Wildman–Crippen MR) is 136 cm³/mol. The third kappa shape index (κ3) is 7.00. The first-order valence-electron chi connectivity index (χ1n) is 11.7. The Kier molecular flexibility index (Phi) is 9.37. The van der Waals surface area contributed by atoms with Crippen molar-refractivity contribution in [3.8, 4) is 0 Å². The van der Waals surface area contributed by atoms with E-state index in [1.54, 1.807) is 4.90 Å². The van der Waals surface area contributed by atoms with E-state index in [4.69, 9.17) is 11.5 Å². The maximum absolute atomic E-state index is 12.9. The lowest BCUT2D eigenvalue weighted by Crippen LogP contribution is -2.49. The maximum Gasteiger partial charge on any atom is 0.247 e. The van der Waals surface area contributed by atoms with Gasteiger partial charge in [0.15, 0.2) is 0 Å². The third-order valence-corrected chi connectivity index (χ3v) is 5.91. The van der Waals surface area contributed by atoms with Gasteiger partial charge in [0.1, 0.15) is 6.04 Å². The van der Waals surface area contributed by atoms with Gasteiger partial charge in [0.2, 0.25) is 18.2 Å². The van der Waals surface area contributed by atoms with Crippen LogP contribution in [0.2, 0.25) is 0 Å². The molecule has 2 atom stereocenters. The second-order valence-corrected chi connectivity index (χ2v) is 8.41. The van der Waals surface area contributed by atoms with Crippen LogP contribution in [0.3, 0.4) is 0 Å². The van der Waals surface area contributed by atoms with Crippen LogP contribution in [-0.4, -0.2) is 48.3 Å². The largest absolute Gasteiger partial charge is 0.330 e. The van der Waals surface area contributed by atoms with Gasteiger partial charge in [0.05, 0.1) is 6.04 Å². The monoisotopic (exact) mass is 463 g/mol. The topological polar surface area (TPSA) is 131 Å². The molecule has 180 valence electrons. The van der Waals surface area contributed by atoms with E-state index in [0.717, 1.165) is 36.1 Å². The quantitative estimate of drug-likeness (QED) is 0.231. The number of hydrogen-bond donors (Lipinski definition) is 4. The normalized spacial score (nSPS) is 16.4. The van der Waals surface area contributed by atoms with Gasteiger partial charge < -0.3 is 27.0 Å². The van der Waals surface area contributed by atoms with Gasteiger partial charge >= 0.3 is 0 Å². The van der Waals surface area contributed by atoms with E-state index in [2.05, 4.69) is 10.6 Å². The maximum atomic E-state index is 12.9. The van der Waals surface area contributed by atoms with Crippen molar-refractivity contribution in [3.63, 3.8) is 0 Å². The Morgan fingerprint density at radius 2 is 1.62 bits per heavy atom. The summed E-state index contributed by atoms with van der Waals surface area (Å²) in [5, 5.41) is 5.53. The second-order valence-electron chi connectivity index (χ2n) is 8.41. The van der Waals surface area contributed by atoms with E-state index in [1.807, 2.05) is 60.7 Å². The highest BCUT2D eigenvalue weighted by Crippen LogP contribution is 2.21. The van der Waals surface area contributed by atoms with Crippen LogP contribution in [0.1, 0.15) is 43.2 Å². The van der Waals surface area contributed by atoms with Gasteiger partial charge in [-0.3, -0.25) is 14.4 Å². The molecule has 1 fully saturated rings. The van der Waals surface area contributed by atoms with Crippen LogP contribution in [0.25, 0.3) is 12.2 Å². The Hall–Kier alpha value is -3.49. The van der Waals surface area contributed by atoms with Gasteiger partial charge in [-0.05, 0) is 67.6 Å². The summed E-state index contributed by atoms with van der Waals surface area (Å²) in [4.78, 5) is 37.7. The first-order valence-corrected chi connectivity index (χ1v) is 11.7. The number of amides is 3. The fourth-order valence-electron chi connectivity index (χ4n) is 4.00. The number of benzene rings is 2. The summed E-state index contributed by atoms with van der Waals surface area (Å²) in [5.74, 6) is -0.350. The number of hydrogen-bond acceptors (Lipinski definition) is 5. The molecule has 0 saturated carbocycles. The van der Waals surface area contributed by atoms with Crippen LogP contribution in [0.4, 0.5) is 11.4 Å². The zero-order chi connectivity index (χ0) is 24.3. The Bertz CT molecular complexity index is 989. The number of nitrogens with one attached hydrogen (secondary N) is 2. The molecule has 0 radical (unpaired) electrons. The summed E-state index contributed by atoms with van der Waals surface area (Å²) in [6.45, 7) is 1.13. The molecular formula is C26H33N5O3. The molecule has 1 saturated heterocycles. The van der Waals surface area contributed by atoms with E-state index < -0.39 is 12.1 Å². The molecule has 3 rings (SSSR count). The van der Waals surface area contributed by atoms with Crippen molar-refractivity contribution in [2.75, 3.05) is 23.7 Å². The van der Waals surface area contributed by atoms with Crippen LogP contribution in [0.15, 0.2) is 48.5 Å². The molecule has 2 aromatic rings. The standard InChI is InChI=1S/C26H33N5O3/c27-16-2-1-4-23(28)26(34)31-17-3-5-24(31)25(33)30-22-14-10-20(11-15-22)7-6-19-8-12-21(13-9-19)29-18-32/h6-15,18,23-24H,1-5,16-17,27-28H2,(H,29,32)(H,30,33)/b7-6+/t23?,24-/m0/s1. The Labute approximate surface area is 200 Å². The zero-order valence-electron chi connectivity index (χ0n) is 19.3. The molecule has 2 aromatic carbocycles. The summed E-state index contributed by atoms with van der Waals surface area (Å²) in [5.41, 5.74) is 15.0. The Morgan fingerprint density at radius 3 is 2.21 bits per heavy atom. The van der Waals surface area contributed by atoms with Crippen molar-refractivity contribution in [2.45, 2.75) is 44.2 Å². The second kappa shape index (κ2) is 12.7. The summed E-state index contributed by atoms with van der Waals surface area (Å²) in [6, 6.07) is 13.9. The first-order chi connectivity index (χ1) is 16.5. The number of unbranched alkanes of at least 4 members (excludes halogenated alkanes) is 1. The van der Waals surface area contributed by atoms with E-state index in [0.29, 0.717) is 38.0 Å². The molecule has 3 amide bonds. The summed E-state index contributed by atoms with van der Waals surface area (Å²) >= 11 is 0. The van der Waals surface area contributed by atoms with E-state index in [-0.39, 0.29) is 11.8 Å². The molecule has 0 aromatic heterocycles. The van der Waals surface area contributed by atoms with Gasteiger partial charge in [0, 0.05) is 17.9 Å². The minimum atomic E-state index is -0.594. The lowest BCUT2D eigenvalue weighted by atomic mass is 10.1. The minimum Gasteiger partial charge on any atom is -0.330 e. The number of carbonyl (C=O) groups excluding carboxylic acids is 3. The minimum absolute atomic E-state index is 0.162. The number of nitrogens with two attached hydrogens (primary N) is 2.